The number of hydrogen-bond acceptors (Lipinski definition) is 3. The van der Waals surface area contributed by atoms with Gasteiger partial charge in [-0.25, -0.2) is 0 Å². The van der Waals surface area contributed by atoms with E-state index in [4.69, 9.17) is 4.74 Å². The van der Waals surface area contributed by atoms with Gasteiger partial charge in [0.25, 0.3) is 5.56 Å². The molecule has 0 saturated heterocycles. The van der Waals surface area contributed by atoms with Crippen LogP contribution in [0.2, 0.25) is 0 Å². The van der Waals surface area contributed by atoms with E-state index >= 15 is 0 Å². The smallest absolute Gasteiger partial charge is 0.310 e. The van der Waals surface area contributed by atoms with Crippen molar-refractivity contribution in [3.05, 3.63) is 46.2 Å². The van der Waals surface area contributed by atoms with Crippen molar-refractivity contribution in [2.75, 3.05) is 6.61 Å². The van der Waals surface area contributed by atoms with Gasteiger partial charge < -0.3 is 9.30 Å². The topological polar surface area (TPSA) is 48.3 Å². The van der Waals surface area contributed by atoms with Gasteiger partial charge in [-0.2, -0.15) is 0 Å². The lowest BCUT2D eigenvalue weighted by atomic mass is 10.1. The van der Waals surface area contributed by atoms with Crippen LogP contribution >= 0.6 is 0 Å². The van der Waals surface area contributed by atoms with Gasteiger partial charge >= 0.3 is 5.97 Å². The first-order valence-corrected chi connectivity index (χ1v) is 5.86. The second-order valence-corrected chi connectivity index (χ2v) is 4.07. The first-order valence-electron chi connectivity index (χ1n) is 5.86. The Bertz CT molecular complexity index is 643. The number of hydrogen-bond donors (Lipinski definition) is 0. The Kier molecular flexibility index (Phi) is 3.46. The Balaban J connectivity index is 2.54. The minimum atomic E-state index is -0.309. The third-order valence-corrected chi connectivity index (χ3v) is 2.88. The Morgan fingerprint density at radius 3 is 2.78 bits per heavy atom. The monoisotopic (exact) mass is 245 g/mol. The highest BCUT2D eigenvalue weighted by atomic mass is 16.5. The van der Waals surface area contributed by atoms with Gasteiger partial charge in [-0.05, 0) is 18.6 Å². The summed E-state index contributed by atoms with van der Waals surface area (Å²) >= 11 is 0. The molecule has 0 amide bonds. The van der Waals surface area contributed by atoms with Crippen molar-refractivity contribution in [2.24, 2.45) is 7.05 Å². The number of rotatable bonds is 3. The molecule has 0 N–H and O–H groups in total. The zero-order valence-corrected chi connectivity index (χ0v) is 10.5. The molecule has 0 aliphatic heterocycles. The maximum atomic E-state index is 11.8. The van der Waals surface area contributed by atoms with Crippen molar-refractivity contribution in [1.82, 2.24) is 4.57 Å². The van der Waals surface area contributed by atoms with Crippen LogP contribution in [0.15, 0.2) is 35.1 Å². The standard InChI is InChI=1S/C14H15NO3/c1-3-18-14(17)9-10-8-13(16)15(2)12-7-5-4-6-11(10)12/h4-8H,3,9H2,1-2H3. The molecular weight excluding hydrogens is 230 g/mol. The summed E-state index contributed by atoms with van der Waals surface area (Å²) in [6.45, 7) is 2.11. The molecule has 0 aliphatic rings. The molecule has 94 valence electrons. The molecule has 2 aromatic rings. The maximum Gasteiger partial charge on any atom is 0.310 e. The summed E-state index contributed by atoms with van der Waals surface area (Å²) < 4.78 is 6.49. The molecule has 4 nitrogen and oxygen atoms in total. The first kappa shape index (κ1) is 12.4. The molecule has 0 bridgehead atoms. The number of carbonyl (C=O) groups excluding carboxylic acids is 1. The molecule has 0 spiro atoms. The van der Waals surface area contributed by atoms with Crippen LogP contribution in [0.25, 0.3) is 10.9 Å². The lowest BCUT2D eigenvalue weighted by molar-refractivity contribution is -0.142. The number of aromatic nitrogens is 1. The summed E-state index contributed by atoms with van der Waals surface area (Å²) in [6, 6.07) is 9.03. The van der Waals surface area contributed by atoms with Gasteiger partial charge in [-0.1, -0.05) is 18.2 Å². The van der Waals surface area contributed by atoms with Crippen molar-refractivity contribution < 1.29 is 9.53 Å². The summed E-state index contributed by atoms with van der Waals surface area (Å²) in [5.41, 5.74) is 1.42. The van der Waals surface area contributed by atoms with Gasteiger partial charge in [0.2, 0.25) is 0 Å². The highest BCUT2D eigenvalue weighted by molar-refractivity contribution is 5.86. The van der Waals surface area contributed by atoms with Crippen molar-refractivity contribution in [1.29, 1.82) is 0 Å². The number of fused-ring (bicyclic) bond motifs is 1. The average Bonchev–Trinajstić information content (AvgIpc) is 2.36. The van der Waals surface area contributed by atoms with Crippen LogP contribution in [-0.2, 0) is 23.0 Å². The van der Waals surface area contributed by atoms with Crippen LogP contribution < -0.4 is 5.56 Å². The van der Waals surface area contributed by atoms with Crippen LogP contribution in [0.3, 0.4) is 0 Å². The fourth-order valence-electron chi connectivity index (χ4n) is 1.99. The average molecular weight is 245 g/mol. The van der Waals surface area contributed by atoms with E-state index in [2.05, 4.69) is 0 Å². The van der Waals surface area contributed by atoms with Gasteiger partial charge in [-0.3, -0.25) is 9.59 Å². The van der Waals surface area contributed by atoms with Gasteiger partial charge in [0.1, 0.15) is 0 Å². The Hall–Kier alpha value is -2.10. The number of esters is 1. The van der Waals surface area contributed by atoms with Crippen molar-refractivity contribution >= 4 is 16.9 Å². The van der Waals surface area contributed by atoms with Gasteiger partial charge in [0, 0.05) is 18.5 Å². The van der Waals surface area contributed by atoms with E-state index in [-0.39, 0.29) is 17.9 Å². The molecule has 1 aromatic heterocycles. The minimum Gasteiger partial charge on any atom is -0.466 e. The molecular formula is C14H15NO3. The zero-order valence-electron chi connectivity index (χ0n) is 10.5. The highest BCUT2D eigenvalue weighted by Gasteiger charge is 2.10. The van der Waals surface area contributed by atoms with Gasteiger partial charge in [0.05, 0.1) is 18.5 Å². The molecule has 1 aromatic carbocycles. The summed E-state index contributed by atoms with van der Waals surface area (Å²) in [4.78, 5) is 23.3. The highest BCUT2D eigenvalue weighted by Crippen LogP contribution is 2.16. The lowest BCUT2D eigenvalue weighted by Crippen LogP contribution is -2.18. The third-order valence-electron chi connectivity index (χ3n) is 2.88. The van der Waals surface area contributed by atoms with Crippen molar-refractivity contribution in [2.45, 2.75) is 13.3 Å². The molecule has 1 heterocycles. The van der Waals surface area contributed by atoms with E-state index in [0.29, 0.717) is 12.2 Å². The normalized spacial score (nSPS) is 10.6. The molecule has 4 heteroatoms. The number of para-hydroxylation sites is 1. The second-order valence-electron chi connectivity index (χ2n) is 4.07. The molecule has 2 rings (SSSR count). The molecule has 18 heavy (non-hydrogen) atoms. The predicted octanol–water partition coefficient (Wildman–Crippen LogP) is 1.64. The van der Waals surface area contributed by atoms with E-state index in [9.17, 15) is 9.59 Å². The van der Waals surface area contributed by atoms with Crippen LogP contribution in [0.1, 0.15) is 12.5 Å². The van der Waals surface area contributed by atoms with Crippen LogP contribution in [0.4, 0.5) is 0 Å². The SMILES string of the molecule is CCOC(=O)Cc1cc(=O)n(C)c2ccccc12. The van der Waals surface area contributed by atoms with Crippen LogP contribution in [0, 0.1) is 0 Å². The second kappa shape index (κ2) is 5.04. The zero-order chi connectivity index (χ0) is 13.1. The molecule has 0 saturated carbocycles. The maximum absolute atomic E-state index is 11.8. The molecule has 0 aliphatic carbocycles. The Labute approximate surface area is 105 Å². The lowest BCUT2D eigenvalue weighted by Gasteiger charge is -2.09. The minimum absolute atomic E-state index is 0.118. The quantitative estimate of drug-likeness (QED) is 0.772. The predicted molar refractivity (Wildman–Crippen MR) is 69.5 cm³/mol. The first-order chi connectivity index (χ1) is 8.63. The van der Waals surface area contributed by atoms with E-state index in [1.165, 1.54) is 6.07 Å². The van der Waals surface area contributed by atoms with Crippen LogP contribution in [-0.4, -0.2) is 17.1 Å². The van der Waals surface area contributed by atoms with E-state index < -0.39 is 0 Å². The van der Waals surface area contributed by atoms with Crippen molar-refractivity contribution in [3.63, 3.8) is 0 Å². The fourth-order valence-corrected chi connectivity index (χ4v) is 1.99. The third kappa shape index (κ3) is 2.27. The molecule has 0 unspecified atom stereocenters. The Morgan fingerprint density at radius 1 is 1.33 bits per heavy atom. The van der Waals surface area contributed by atoms with E-state index in [1.54, 1.807) is 18.5 Å². The summed E-state index contributed by atoms with van der Waals surface area (Å²) in [5, 5.41) is 0.910. The van der Waals surface area contributed by atoms with Crippen molar-refractivity contribution in [3.8, 4) is 0 Å². The van der Waals surface area contributed by atoms with E-state index in [1.807, 2.05) is 24.3 Å². The molecule has 0 radical (unpaired) electrons. The molecule has 0 fully saturated rings. The number of pyridine rings is 1. The van der Waals surface area contributed by atoms with Crippen LogP contribution in [0.5, 0.6) is 0 Å². The fraction of sp³-hybridized carbons (Fsp3) is 0.286. The Morgan fingerprint density at radius 2 is 2.06 bits per heavy atom. The largest absolute Gasteiger partial charge is 0.466 e. The number of benzene rings is 1. The van der Waals surface area contributed by atoms with Gasteiger partial charge in [-0.15, -0.1) is 0 Å². The number of ether oxygens (including phenoxy) is 1. The van der Waals surface area contributed by atoms with Gasteiger partial charge in [0.15, 0.2) is 0 Å². The summed E-state index contributed by atoms with van der Waals surface area (Å²) in [6.07, 6.45) is 0.129. The summed E-state index contributed by atoms with van der Waals surface area (Å²) in [5.74, 6) is -0.309. The number of nitrogens with zero attached hydrogens (tertiary/aromatic N) is 1. The number of carbonyl (C=O) groups is 1. The molecule has 0 atom stereocenters. The summed E-state index contributed by atoms with van der Waals surface area (Å²) in [7, 11) is 1.72. The van der Waals surface area contributed by atoms with E-state index in [0.717, 1.165) is 10.9 Å². The number of aryl methyl sites for hydroxylation is 1.